The Hall–Kier alpha value is -1.34. The minimum absolute atomic E-state index is 0.00959. The average molecular weight is 412 g/mol. The Labute approximate surface area is 155 Å². The molecular formula is C17H22BrN3O2S. The highest BCUT2D eigenvalue weighted by Gasteiger charge is 2.14. The zero-order valence-electron chi connectivity index (χ0n) is 13.9. The quantitative estimate of drug-likeness (QED) is 0.479. The predicted molar refractivity (Wildman–Crippen MR) is 99.9 cm³/mol. The van der Waals surface area contributed by atoms with Gasteiger partial charge in [0.05, 0.1) is 11.3 Å². The van der Waals surface area contributed by atoms with Crippen LogP contribution in [0.2, 0.25) is 0 Å². The number of carbonyl (C=O) groups is 1. The van der Waals surface area contributed by atoms with Gasteiger partial charge >= 0.3 is 0 Å². The minimum Gasteiger partial charge on any atom is -0.411 e. The van der Waals surface area contributed by atoms with E-state index in [0.29, 0.717) is 11.1 Å². The van der Waals surface area contributed by atoms with Gasteiger partial charge in [-0.1, -0.05) is 50.1 Å². The Morgan fingerprint density at radius 3 is 2.88 bits per heavy atom. The van der Waals surface area contributed by atoms with E-state index in [9.17, 15) is 4.79 Å². The Bertz CT molecular complexity index is 663. The number of unbranched alkanes of at least 4 members (excludes halogenated alkanes) is 2. The fourth-order valence-electron chi connectivity index (χ4n) is 2.23. The van der Waals surface area contributed by atoms with Gasteiger partial charge in [0.1, 0.15) is 0 Å². The summed E-state index contributed by atoms with van der Waals surface area (Å²) in [5, 5.41) is 11.4. The zero-order valence-corrected chi connectivity index (χ0v) is 16.3. The van der Waals surface area contributed by atoms with E-state index in [1.807, 2.05) is 31.2 Å². The van der Waals surface area contributed by atoms with Gasteiger partial charge in [0.2, 0.25) is 11.8 Å². The maximum atomic E-state index is 12.0. The van der Waals surface area contributed by atoms with Crippen LogP contribution in [0.3, 0.4) is 0 Å². The summed E-state index contributed by atoms with van der Waals surface area (Å²) < 4.78 is 6.51. The number of nitrogens with zero attached hydrogens (tertiary/aromatic N) is 2. The summed E-state index contributed by atoms with van der Waals surface area (Å²) in [6.45, 7) is 4.21. The van der Waals surface area contributed by atoms with Gasteiger partial charge in [-0.15, -0.1) is 10.2 Å². The van der Waals surface area contributed by atoms with Crippen molar-refractivity contribution in [3.8, 4) is 11.5 Å². The first-order valence-corrected chi connectivity index (χ1v) is 9.88. The molecule has 1 atom stereocenters. The molecule has 130 valence electrons. The number of thioether (sulfide) groups is 1. The topological polar surface area (TPSA) is 68.0 Å². The van der Waals surface area contributed by atoms with E-state index in [4.69, 9.17) is 4.42 Å². The van der Waals surface area contributed by atoms with Crippen LogP contribution in [0, 0.1) is 0 Å². The van der Waals surface area contributed by atoms with Crippen molar-refractivity contribution in [2.75, 3.05) is 5.75 Å². The second-order valence-corrected chi connectivity index (χ2v) is 7.39. The van der Waals surface area contributed by atoms with Crippen LogP contribution >= 0.6 is 27.7 Å². The molecule has 1 aromatic heterocycles. The summed E-state index contributed by atoms with van der Waals surface area (Å²) in [6.07, 6.45) is 4.54. The number of nitrogens with one attached hydrogen (secondary N) is 1. The second kappa shape index (κ2) is 9.84. The van der Waals surface area contributed by atoms with Crippen LogP contribution in [0.15, 0.2) is 38.4 Å². The molecule has 7 heteroatoms. The standard InChI is InChI=1S/C17H22BrN3O2S/c1-3-4-5-8-12(2)19-15(22)11-24-17-21-20-16(23-17)13-9-6-7-10-14(13)18/h6-7,9-10,12H,3-5,8,11H2,1-2H3,(H,19,22). The third-order valence-corrected chi connectivity index (χ3v) is 5.00. The molecule has 0 radical (unpaired) electrons. The molecular weight excluding hydrogens is 390 g/mol. The molecule has 0 aliphatic carbocycles. The fraction of sp³-hybridized carbons (Fsp3) is 0.471. The molecule has 0 aliphatic rings. The van der Waals surface area contributed by atoms with Crippen molar-refractivity contribution in [2.45, 2.75) is 50.8 Å². The Balaban J connectivity index is 1.81. The third kappa shape index (κ3) is 5.94. The number of carbonyl (C=O) groups excluding carboxylic acids is 1. The second-order valence-electron chi connectivity index (χ2n) is 5.61. The molecule has 1 amide bonds. The SMILES string of the molecule is CCCCCC(C)NC(=O)CSc1nnc(-c2ccccc2Br)o1. The molecule has 0 aliphatic heterocycles. The number of hydrogen-bond acceptors (Lipinski definition) is 5. The Morgan fingerprint density at radius 2 is 2.12 bits per heavy atom. The highest BCUT2D eigenvalue weighted by molar-refractivity contribution is 9.10. The van der Waals surface area contributed by atoms with Crippen molar-refractivity contribution in [2.24, 2.45) is 0 Å². The summed E-state index contributed by atoms with van der Waals surface area (Å²) in [5.41, 5.74) is 0.839. The predicted octanol–water partition coefficient (Wildman–Crippen LogP) is 4.68. The van der Waals surface area contributed by atoms with E-state index in [-0.39, 0.29) is 17.7 Å². The number of amides is 1. The van der Waals surface area contributed by atoms with Crippen LogP contribution in [0.4, 0.5) is 0 Å². The first-order valence-electron chi connectivity index (χ1n) is 8.10. The summed E-state index contributed by atoms with van der Waals surface area (Å²) in [6, 6.07) is 7.84. The molecule has 24 heavy (non-hydrogen) atoms. The van der Waals surface area contributed by atoms with Crippen LogP contribution in [-0.2, 0) is 4.79 Å². The number of aromatic nitrogens is 2. The van der Waals surface area contributed by atoms with E-state index < -0.39 is 0 Å². The van der Waals surface area contributed by atoms with Crippen LogP contribution in [0.5, 0.6) is 0 Å². The van der Waals surface area contributed by atoms with Crippen LogP contribution in [0.1, 0.15) is 39.5 Å². The fourth-order valence-corrected chi connectivity index (χ4v) is 3.26. The molecule has 0 spiro atoms. The molecule has 2 rings (SSSR count). The monoisotopic (exact) mass is 411 g/mol. The molecule has 0 fully saturated rings. The molecule has 0 bridgehead atoms. The highest BCUT2D eigenvalue weighted by Crippen LogP contribution is 2.28. The summed E-state index contributed by atoms with van der Waals surface area (Å²) in [7, 11) is 0. The van der Waals surface area contributed by atoms with Gasteiger partial charge in [0.15, 0.2) is 0 Å². The van der Waals surface area contributed by atoms with Crippen molar-refractivity contribution >= 4 is 33.6 Å². The maximum absolute atomic E-state index is 12.0. The van der Waals surface area contributed by atoms with Gasteiger partial charge in [-0.3, -0.25) is 4.79 Å². The lowest BCUT2D eigenvalue weighted by Gasteiger charge is -2.12. The van der Waals surface area contributed by atoms with E-state index in [1.54, 1.807) is 0 Å². The average Bonchev–Trinajstić information content (AvgIpc) is 3.02. The van der Waals surface area contributed by atoms with Gasteiger partial charge in [0.25, 0.3) is 5.22 Å². The smallest absolute Gasteiger partial charge is 0.277 e. The summed E-state index contributed by atoms with van der Waals surface area (Å²) in [4.78, 5) is 12.0. The zero-order chi connectivity index (χ0) is 17.4. The maximum Gasteiger partial charge on any atom is 0.277 e. The van der Waals surface area contributed by atoms with Crippen molar-refractivity contribution in [1.29, 1.82) is 0 Å². The van der Waals surface area contributed by atoms with E-state index >= 15 is 0 Å². The Morgan fingerprint density at radius 1 is 1.33 bits per heavy atom. The lowest BCUT2D eigenvalue weighted by Crippen LogP contribution is -2.33. The van der Waals surface area contributed by atoms with Gasteiger partial charge in [-0.05, 0) is 41.4 Å². The Kier molecular flexibility index (Phi) is 7.78. The molecule has 0 saturated carbocycles. The van der Waals surface area contributed by atoms with Crippen molar-refractivity contribution < 1.29 is 9.21 Å². The summed E-state index contributed by atoms with van der Waals surface area (Å²) in [5.74, 6) is 0.707. The van der Waals surface area contributed by atoms with Crippen molar-refractivity contribution in [3.63, 3.8) is 0 Å². The van der Waals surface area contributed by atoms with Gasteiger partial charge < -0.3 is 9.73 Å². The minimum atomic E-state index is -0.00959. The largest absolute Gasteiger partial charge is 0.411 e. The summed E-state index contributed by atoms with van der Waals surface area (Å²) >= 11 is 4.71. The first kappa shape index (κ1) is 19.0. The normalized spacial score (nSPS) is 12.1. The number of rotatable bonds is 9. The van der Waals surface area contributed by atoms with Crippen LogP contribution in [-0.4, -0.2) is 27.9 Å². The van der Waals surface area contributed by atoms with Gasteiger partial charge in [-0.2, -0.15) is 0 Å². The van der Waals surface area contributed by atoms with Gasteiger partial charge in [0, 0.05) is 10.5 Å². The molecule has 1 unspecified atom stereocenters. The third-order valence-electron chi connectivity index (χ3n) is 3.49. The molecule has 2 aromatic rings. The van der Waals surface area contributed by atoms with E-state index in [0.717, 1.165) is 22.9 Å². The molecule has 1 N–H and O–H groups in total. The van der Waals surface area contributed by atoms with Crippen LogP contribution in [0.25, 0.3) is 11.5 Å². The molecule has 5 nitrogen and oxygen atoms in total. The molecule has 0 saturated heterocycles. The molecule has 1 heterocycles. The van der Waals surface area contributed by atoms with Crippen molar-refractivity contribution in [1.82, 2.24) is 15.5 Å². The van der Waals surface area contributed by atoms with E-state index in [1.165, 1.54) is 24.6 Å². The number of halogens is 1. The first-order chi connectivity index (χ1) is 11.6. The molecule has 1 aromatic carbocycles. The lowest BCUT2D eigenvalue weighted by molar-refractivity contribution is -0.119. The highest BCUT2D eigenvalue weighted by atomic mass is 79.9. The lowest BCUT2D eigenvalue weighted by atomic mass is 10.1. The number of benzene rings is 1. The van der Waals surface area contributed by atoms with Crippen molar-refractivity contribution in [3.05, 3.63) is 28.7 Å². The van der Waals surface area contributed by atoms with E-state index in [2.05, 4.69) is 38.4 Å². The number of hydrogen-bond donors (Lipinski definition) is 1. The van der Waals surface area contributed by atoms with Gasteiger partial charge in [-0.25, -0.2) is 0 Å². The van der Waals surface area contributed by atoms with Crippen LogP contribution < -0.4 is 5.32 Å².